The van der Waals surface area contributed by atoms with E-state index in [0.717, 1.165) is 24.0 Å². The van der Waals surface area contributed by atoms with Gasteiger partial charge in [-0.2, -0.15) is 0 Å². The van der Waals surface area contributed by atoms with Gasteiger partial charge < -0.3 is 19.0 Å². The van der Waals surface area contributed by atoms with Crippen molar-refractivity contribution in [1.82, 2.24) is 0 Å². The molecule has 138 valence electrons. The van der Waals surface area contributed by atoms with Crippen molar-refractivity contribution in [1.29, 1.82) is 0 Å². The van der Waals surface area contributed by atoms with E-state index in [1.807, 2.05) is 13.0 Å². The number of esters is 2. The zero-order valence-corrected chi connectivity index (χ0v) is 14.7. The molecule has 5 rings (SSSR count). The van der Waals surface area contributed by atoms with Crippen molar-refractivity contribution in [2.75, 3.05) is 6.61 Å². The van der Waals surface area contributed by atoms with E-state index in [1.54, 1.807) is 18.6 Å². The van der Waals surface area contributed by atoms with Crippen molar-refractivity contribution < 1.29 is 28.6 Å². The molecule has 3 fully saturated rings. The summed E-state index contributed by atoms with van der Waals surface area (Å²) in [5.41, 5.74) is -1.08. The van der Waals surface area contributed by atoms with Crippen LogP contribution in [0.5, 0.6) is 0 Å². The van der Waals surface area contributed by atoms with Crippen LogP contribution < -0.4 is 0 Å². The Morgan fingerprint density at radius 2 is 2.12 bits per heavy atom. The molecule has 0 bridgehead atoms. The molecule has 0 aromatic carbocycles. The third-order valence-electron chi connectivity index (χ3n) is 7.45. The van der Waals surface area contributed by atoms with Gasteiger partial charge in [-0.3, -0.25) is 0 Å². The molecule has 5 atom stereocenters. The van der Waals surface area contributed by atoms with Crippen LogP contribution in [-0.4, -0.2) is 29.3 Å². The number of cyclic esters (lactones) is 2. The first-order valence-electron chi connectivity index (χ1n) is 9.24. The van der Waals surface area contributed by atoms with E-state index in [-0.39, 0.29) is 18.3 Å². The highest BCUT2D eigenvalue weighted by Gasteiger charge is 2.71. The van der Waals surface area contributed by atoms with Gasteiger partial charge in [0.25, 0.3) is 0 Å². The van der Waals surface area contributed by atoms with Crippen LogP contribution in [0.2, 0.25) is 0 Å². The van der Waals surface area contributed by atoms with Crippen LogP contribution in [0.1, 0.15) is 50.7 Å². The second-order valence-corrected chi connectivity index (χ2v) is 8.41. The molecular formula is C20H22O6. The molecule has 6 heteroatoms. The van der Waals surface area contributed by atoms with Gasteiger partial charge in [-0.15, -0.1) is 0 Å². The van der Waals surface area contributed by atoms with E-state index in [2.05, 4.69) is 0 Å². The van der Waals surface area contributed by atoms with E-state index in [0.29, 0.717) is 19.4 Å². The van der Waals surface area contributed by atoms with Gasteiger partial charge in [-0.1, -0.05) is 13.0 Å². The molecule has 1 N–H and O–H groups in total. The van der Waals surface area contributed by atoms with Gasteiger partial charge in [0.15, 0.2) is 5.60 Å². The average molecular weight is 358 g/mol. The van der Waals surface area contributed by atoms with Crippen molar-refractivity contribution in [3.63, 3.8) is 0 Å². The molecule has 3 heterocycles. The molecule has 2 aliphatic heterocycles. The lowest BCUT2D eigenvalue weighted by atomic mass is 9.44. The summed E-state index contributed by atoms with van der Waals surface area (Å²) in [6.07, 6.45) is 7.61. The molecule has 0 amide bonds. The van der Waals surface area contributed by atoms with E-state index in [1.165, 1.54) is 0 Å². The number of carbonyl (C=O) groups excluding carboxylic acids is 2. The maximum absolute atomic E-state index is 12.9. The predicted molar refractivity (Wildman–Crippen MR) is 88.6 cm³/mol. The first-order chi connectivity index (χ1) is 12.4. The summed E-state index contributed by atoms with van der Waals surface area (Å²) in [5.74, 6) is -0.815. The second-order valence-electron chi connectivity index (χ2n) is 8.41. The number of carbonyl (C=O) groups is 2. The van der Waals surface area contributed by atoms with E-state index in [4.69, 9.17) is 13.9 Å². The lowest BCUT2D eigenvalue weighted by Crippen LogP contribution is -2.67. The number of hydrogen-bond donors (Lipinski definition) is 1. The monoisotopic (exact) mass is 358 g/mol. The van der Waals surface area contributed by atoms with Crippen LogP contribution in [-0.2, 0) is 19.1 Å². The minimum atomic E-state index is -1.53. The molecule has 26 heavy (non-hydrogen) atoms. The minimum absolute atomic E-state index is 0.0116. The SMILES string of the molecule is CC12CC(c3ccoc3)OC(=O)C1(O)CCC13COC(=O)C1=CCCC32. The Balaban J connectivity index is 1.61. The fraction of sp³-hybridized carbons (Fsp3) is 0.600. The summed E-state index contributed by atoms with van der Waals surface area (Å²) in [5, 5.41) is 11.4. The largest absolute Gasteiger partial charge is 0.472 e. The summed E-state index contributed by atoms with van der Waals surface area (Å²) >= 11 is 0. The Labute approximate surface area is 151 Å². The first-order valence-corrected chi connectivity index (χ1v) is 9.24. The summed E-state index contributed by atoms with van der Waals surface area (Å²) in [6.45, 7) is 2.33. The molecule has 2 saturated heterocycles. The lowest BCUT2D eigenvalue weighted by molar-refractivity contribution is -0.243. The van der Waals surface area contributed by atoms with Gasteiger partial charge in [0.2, 0.25) is 0 Å². The van der Waals surface area contributed by atoms with Crippen LogP contribution in [0, 0.1) is 16.7 Å². The topological polar surface area (TPSA) is 86.0 Å². The van der Waals surface area contributed by atoms with Gasteiger partial charge in [0.05, 0.1) is 12.5 Å². The number of hydrogen-bond acceptors (Lipinski definition) is 6. The average Bonchev–Trinajstić information content (AvgIpc) is 3.26. The third-order valence-corrected chi connectivity index (χ3v) is 7.45. The van der Waals surface area contributed by atoms with Crippen molar-refractivity contribution in [3.05, 3.63) is 35.8 Å². The molecule has 6 nitrogen and oxygen atoms in total. The molecule has 1 aromatic rings. The number of aliphatic hydroxyl groups is 1. The number of allylic oxidation sites excluding steroid dienone is 1. The summed E-state index contributed by atoms with van der Waals surface area (Å²) in [7, 11) is 0. The van der Waals surface area contributed by atoms with Gasteiger partial charge in [0, 0.05) is 22.0 Å². The molecule has 4 aliphatic rings. The zero-order chi connectivity index (χ0) is 18.2. The van der Waals surface area contributed by atoms with E-state index >= 15 is 0 Å². The van der Waals surface area contributed by atoms with Gasteiger partial charge in [-0.05, 0) is 44.1 Å². The predicted octanol–water partition coefficient (Wildman–Crippen LogP) is 2.68. The van der Waals surface area contributed by atoms with E-state index in [9.17, 15) is 14.7 Å². The van der Waals surface area contributed by atoms with Crippen LogP contribution in [0.4, 0.5) is 0 Å². The maximum Gasteiger partial charge on any atom is 0.339 e. The Kier molecular flexibility index (Phi) is 3.10. The highest BCUT2D eigenvalue weighted by atomic mass is 16.6. The van der Waals surface area contributed by atoms with Crippen molar-refractivity contribution in [3.8, 4) is 0 Å². The Morgan fingerprint density at radius 1 is 1.27 bits per heavy atom. The number of ether oxygens (including phenoxy) is 2. The summed E-state index contributed by atoms with van der Waals surface area (Å²) in [6, 6.07) is 1.79. The zero-order valence-electron chi connectivity index (χ0n) is 14.7. The van der Waals surface area contributed by atoms with Crippen molar-refractivity contribution in [2.45, 2.75) is 50.7 Å². The van der Waals surface area contributed by atoms with Crippen molar-refractivity contribution >= 4 is 11.9 Å². The Morgan fingerprint density at radius 3 is 2.88 bits per heavy atom. The quantitative estimate of drug-likeness (QED) is 0.777. The third kappa shape index (κ3) is 1.76. The summed E-state index contributed by atoms with van der Waals surface area (Å²) in [4.78, 5) is 25.1. The molecule has 1 spiro atoms. The van der Waals surface area contributed by atoms with Gasteiger partial charge in [0.1, 0.15) is 12.7 Å². The molecule has 0 radical (unpaired) electrons. The van der Waals surface area contributed by atoms with Crippen LogP contribution in [0.3, 0.4) is 0 Å². The Hall–Kier alpha value is -2.08. The van der Waals surface area contributed by atoms with Crippen LogP contribution >= 0.6 is 0 Å². The molecule has 1 aromatic heterocycles. The van der Waals surface area contributed by atoms with Crippen LogP contribution in [0.25, 0.3) is 0 Å². The Bertz CT molecular complexity index is 810. The minimum Gasteiger partial charge on any atom is -0.472 e. The summed E-state index contributed by atoms with van der Waals surface area (Å²) < 4.78 is 16.2. The first kappa shape index (κ1) is 16.1. The molecule has 1 saturated carbocycles. The fourth-order valence-corrected chi connectivity index (χ4v) is 6.03. The standard InChI is InChI=1S/C20H22O6/c1-18-9-14(12-5-8-24-10-12)26-17(22)20(18,23)7-6-19-11-25-16(21)13(19)3-2-4-15(18)19/h3,5,8,10,14-15,23H,2,4,6-7,9,11H2,1H3. The van der Waals surface area contributed by atoms with Gasteiger partial charge >= 0.3 is 11.9 Å². The fourth-order valence-electron chi connectivity index (χ4n) is 6.03. The second kappa shape index (κ2) is 5.00. The highest BCUT2D eigenvalue weighted by Crippen LogP contribution is 2.67. The number of rotatable bonds is 1. The molecule has 2 aliphatic carbocycles. The van der Waals surface area contributed by atoms with E-state index < -0.39 is 28.5 Å². The smallest absolute Gasteiger partial charge is 0.339 e. The van der Waals surface area contributed by atoms with Crippen LogP contribution in [0.15, 0.2) is 34.7 Å². The number of furan rings is 1. The molecule has 5 unspecified atom stereocenters. The normalized spacial score (nSPS) is 44.3. The van der Waals surface area contributed by atoms with Crippen molar-refractivity contribution in [2.24, 2.45) is 16.7 Å². The highest BCUT2D eigenvalue weighted by molar-refractivity contribution is 5.93. The lowest BCUT2D eigenvalue weighted by Gasteiger charge is -2.61. The van der Waals surface area contributed by atoms with Gasteiger partial charge in [-0.25, -0.2) is 9.59 Å². The molecular weight excluding hydrogens is 336 g/mol. The number of fused-ring (bicyclic) bond motifs is 2. The maximum atomic E-state index is 12.9.